The maximum atomic E-state index is 12.5. The predicted octanol–water partition coefficient (Wildman–Crippen LogP) is 1.82. The Morgan fingerprint density at radius 3 is 2.38 bits per heavy atom. The average molecular weight is 327 g/mol. The molecule has 2 aromatic rings. The molecule has 0 spiro atoms. The highest BCUT2D eigenvalue weighted by Gasteiger charge is 2.26. The fourth-order valence-corrected chi connectivity index (χ4v) is 2.87. The van der Waals surface area contributed by atoms with Crippen molar-refractivity contribution in [2.45, 2.75) is 20.3 Å². The summed E-state index contributed by atoms with van der Waals surface area (Å²) in [7, 11) is 0. The van der Waals surface area contributed by atoms with Crippen LogP contribution in [0, 0.1) is 13.8 Å². The zero-order valence-corrected chi connectivity index (χ0v) is 14.0. The summed E-state index contributed by atoms with van der Waals surface area (Å²) in [5.74, 6) is 0.580. The first-order chi connectivity index (χ1) is 11.5. The molecule has 0 aliphatic carbocycles. The lowest BCUT2D eigenvalue weighted by Crippen LogP contribution is -2.51. The Morgan fingerprint density at radius 2 is 1.75 bits per heavy atom. The molecule has 0 saturated carbocycles. The number of amides is 2. The van der Waals surface area contributed by atoms with Crippen LogP contribution in [-0.2, 0) is 11.2 Å². The van der Waals surface area contributed by atoms with E-state index in [1.165, 1.54) is 0 Å². The van der Waals surface area contributed by atoms with E-state index in [1.807, 2.05) is 36.1 Å². The van der Waals surface area contributed by atoms with E-state index in [2.05, 4.69) is 5.16 Å². The molecule has 0 radical (unpaired) electrons. The molecular weight excluding hydrogens is 306 g/mol. The highest BCUT2D eigenvalue weighted by Crippen LogP contribution is 2.13. The Balaban J connectivity index is 1.56. The summed E-state index contributed by atoms with van der Waals surface area (Å²) < 4.78 is 4.95. The van der Waals surface area contributed by atoms with Gasteiger partial charge in [0.15, 0.2) is 5.69 Å². The molecule has 1 aliphatic rings. The van der Waals surface area contributed by atoms with Crippen LogP contribution >= 0.6 is 0 Å². The van der Waals surface area contributed by atoms with Gasteiger partial charge >= 0.3 is 0 Å². The topological polar surface area (TPSA) is 66.7 Å². The third-order valence-electron chi connectivity index (χ3n) is 4.37. The van der Waals surface area contributed by atoms with Gasteiger partial charge in [-0.3, -0.25) is 9.59 Å². The molecule has 3 rings (SSSR count). The van der Waals surface area contributed by atoms with Gasteiger partial charge in [-0.15, -0.1) is 0 Å². The van der Waals surface area contributed by atoms with Gasteiger partial charge in [-0.1, -0.05) is 29.4 Å². The minimum Gasteiger partial charge on any atom is -0.361 e. The summed E-state index contributed by atoms with van der Waals surface area (Å²) >= 11 is 0. The standard InChI is InChI=1S/C18H21N3O3/c1-13-5-3-4-6-15(13)12-17(22)20-7-9-21(10-8-20)18(23)16-11-14(2)24-19-16/h3-6,11H,7-10,12H2,1-2H3. The third-order valence-corrected chi connectivity index (χ3v) is 4.37. The SMILES string of the molecule is Cc1cc(C(=O)N2CCN(C(=O)Cc3ccccc3C)CC2)no1. The smallest absolute Gasteiger partial charge is 0.276 e. The number of carbonyl (C=O) groups is 2. The van der Waals surface area contributed by atoms with Gasteiger partial charge in [0.1, 0.15) is 5.76 Å². The number of rotatable bonds is 3. The molecule has 126 valence electrons. The third kappa shape index (κ3) is 3.48. The fourth-order valence-electron chi connectivity index (χ4n) is 2.87. The van der Waals surface area contributed by atoms with Crippen LogP contribution < -0.4 is 0 Å². The highest BCUT2D eigenvalue weighted by atomic mass is 16.5. The Hall–Kier alpha value is -2.63. The van der Waals surface area contributed by atoms with Gasteiger partial charge in [-0.2, -0.15) is 0 Å². The fraction of sp³-hybridized carbons (Fsp3) is 0.389. The van der Waals surface area contributed by atoms with Crippen LogP contribution in [0.3, 0.4) is 0 Å². The van der Waals surface area contributed by atoms with E-state index >= 15 is 0 Å². The molecule has 0 atom stereocenters. The molecule has 1 saturated heterocycles. The minimum absolute atomic E-state index is 0.105. The monoisotopic (exact) mass is 327 g/mol. The van der Waals surface area contributed by atoms with Crippen molar-refractivity contribution in [3.8, 4) is 0 Å². The van der Waals surface area contributed by atoms with E-state index in [9.17, 15) is 9.59 Å². The molecule has 1 aliphatic heterocycles. The largest absolute Gasteiger partial charge is 0.361 e. The molecule has 24 heavy (non-hydrogen) atoms. The van der Waals surface area contributed by atoms with Gasteiger partial charge in [0.05, 0.1) is 6.42 Å². The van der Waals surface area contributed by atoms with Gasteiger partial charge in [0.2, 0.25) is 5.91 Å². The maximum absolute atomic E-state index is 12.5. The number of piperazine rings is 1. The zero-order valence-electron chi connectivity index (χ0n) is 14.0. The van der Waals surface area contributed by atoms with Crippen molar-refractivity contribution in [2.24, 2.45) is 0 Å². The Morgan fingerprint density at radius 1 is 1.08 bits per heavy atom. The number of hydrogen-bond donors (Lipinski definition) is 0. The predicted molar refractivity (Wildman–Crippen MR) is 88.6 cm³/mol. The van der Waals surface area contributed by atoms with Crippen molar-refractivity contribution < 1.29 is 14.1 Å². The number of aromatic nitrogens is 1. The van der Waals surface area contributed by atoms with Crippen molar-refractivity contribution in [1.82, 2.24) is 15.0 Å². The highest BCUT2D eigenvalue weighted by molar-refractivity contribution is 5.92. The van der Waals surface area contributed by atoms with Gasteiger partial charge in [0, 0.05) is 32.2 Å². The number of nitrogens with zero attached hydrogens (tertiary/aromatic N) is 3. The maximum Gasteiger partial charge on any atom is 0.276 e. The van der Waals surface area contributed by atoms with Crippen molar-refractivity contribution in [3.63, 3.8) is 0 Å². The van der Waals surface area contributed by atoms with Crippen LogP contribution in [0.2, 0.25) is 0 Å². The van der Waals surface area contributed by atoms with E-state index in [0.717, 1.165) is 11.1 Å². The molecule has 6 nitrogen and oxygen atoms in total. The van der Waals surface area contributed by atoms with Crippen LogP contribution in [0.5, 0.6) is 0 Å². The molecule has 1 aromatic carbocycles. The lowest BCUT2D eigenvalue weighted by molar-refractivity contribution is -0.131. The summed E-state index contributed by atoms with van der Waals surface area (Å²) in [6, 6.07) is 9.56. The van der Waals surface area contributed by atoms with Gasteiger partial charge < -0.3 is 14.3 Å². The zero-order chi connectivity index (χ0) is 17.1. The second kappa shape index (κ2) is 6.86. The molecule has 1 aromatic heterocycles. The normalized spacial score (nSPS) is 14.8. The molecule has 1 fully saturated rings. The van der Waals surface area contributed by atoms with Crippen LogP contribution in [0.15, 0.2) is 34.9 Å². The lowest BCUT2D eigenvalue weighted by Gasteiger charge is -2.34. The molecule has 2 heterocycles. The molecule has 0 bridgehead atoms. The average Bonchev–Trinajstić information content (AvgIpc) is 3.03. The molecular formula is C18H21N3O3. The van der Waals surface area contributed by atoms with Crippen molar-refractivity contribution in [2.75, 3.05) is 26.2 Å². The second-order valence-electron chi connectivity index (χ2n) is 6.10. The van der Waals surface area contributed by atoms with Crippen LogP contribution in [0.25, 0.3) is 0 Å². The van der Waals surface area contributed by atoms with Crippen molar-refractivity contribution >= 4 is 11.8 Å². The van der Waals surface area contributed by atoms with Gasteiger partial charge in [0.25, 0.3) is 5.91 Å². The summed E-state index contributed by atoms with van der Waals surface area (Å²) in [5, 5.41) is 3.76. The number of aryl methyl sites for hydroxylation is 2. The summed E-state index contributed by atoms with van der Waals surface area (Å²) in [5.41, 5.74) is 2.51. The Kier molecular flexibility index (Phi) is 4.64. The van der Waals surface area contributed by atoms with Crippen molar-refractivity contribution in [3.05, 3.63) is 52.9 Å². The molecule has 6 heteroatoms. The van der Waals surface area contributed by atoms with Crippen LogP contribution in [-0.4, -0.2) is 52.9 Å². The van der Waals surface area contributed by atoms with Crippen molar-refractivity contribution in [1.29, 1.82) is 0 Å². The Labute approximate surface area is 141 Å². The minimum atomic E-state index is -0.141. The number of benzene rings is 1. The second-order valence-corrected chi connectivity index (χ2v) is 6.10. The first kappa shape index (κ1) is 16.2. The number of hydrogen-bond acceptors (Lipinski definition) is 4. The van der Waals surface area contributed by atoms with E-state index in [0.29, 0.717) is 44.1 Å². The first-order valence-corrected chi connectivity index (χ1v) is 8.09. The molecule has 0 unspecified atom stereocenters. The molecule has 0 N–H and O–H groups in total. The Bertz CT molecular complexity index is 745. The summed E-state index contributed by atoms with van der Waals surface area (Å²) in [6.45, 7) is 5.90. The quantitative estimate of drug-likeness (QED) is 0.862. The van der Waals surface area contributed by atoms with E-state index in [4.69, 9.17) is 4.52 Å². The van der Waals surface area contributed by atoms with E-state index in [-0.39, 0.29) is 11.8 Å². The number of carbonyl (C=O) groups excluding carboxylic acids is 2. The van der Waals surface area contributed by atoms with E-state index in [1.54, 1.807) is 17.9 Å². The molecule has 2 amide bonds. The van der Waals surface area contributed by atoms with Gasteiger partial charge in [-0.25, -0.2) is 0 Å². The van der Waals surface area contributed by atoms with E-state index < -0.39 is 0 Å². The first-order valence-electron chi connectivity index (χ1n) is 8.09. The van der Waals surface area contributed by atoms with Crippen LogP contribution in [0.4, 0.5) is 0 Å². The van der Waals surface area contributed by atoms with Crippen LogP contribution in [0.1, 0.15) is 27.4 Å². The lowest BCUT2D eigenvalue weighted by atomic mass is 10.1. The van der Waals surface area contributed by atoms with Gasteiger partial charge in [-0.05, 0) is 25.0 Å². The summed E-state index contributed by atoms with van der Waals surface area (Å²) in [4.78, 5) is 28.3. The summed E-state index contributed by atoms with van der Waals surface area (Å²) in [6.07, 6.45) is 0.406.